The van der Waals surface area contributed by atoms with Crippen molar-refractivity contribution in [3.05, 3.63) is 0 Å². The van der Waals surface area contributed by atoms with Crippen LogP contribution >= 0.6 is 15.6 Å². The molecule has 17 nitrogen and oxygen atoms in total. The van der Waals surface area contributed by atoms with Crippen LogP contribution in [-0.2, 0) is 65.4 Å². The SMILES string of the molecule is CCCCCCCCCCCCCCCCCCCCCCC(=O)O[C@H](COC(=O)CCCCCCCCCCCCCCCCC)COP(=O)(O)OC[C@@H](O)COP(=O)(O)OC[C@@H](COC(=O)CCCCCCCCCCC)OC(=O)CCCCCCCCCCCCCCC. The topological polar surface area (TPSA) is 237 Å². The summed E-state index contributed by atoms with van der Waals surface area (Å²) in [7, 11) is -9.91. The van der Waals surface area contributed by atoms with Crippen LogP contribution in [0.1, 0.15) is 419 Å². The van der Waals surface area contributed by atoms with Crippen molar-refractivity contribution in [1.29, 1.82) is 0 Å². The van der Waals surface area contributed by atoms with Crippen LogP contribution in [0.2, 0.25) is 0 Å². The van der Waals surface area contributed by atoms with E-state index < -0.39 is 97.5 Å². The number of rotatable bonds is 79. The third-order valence-corrected chi connectivity index (χ3v) is 20.3. The Balaban J connectivity index is 5.20. The van der Waals surface area contributed by atoms with Crippen LogP contribution in [0.4, 0.5) is 0 Å². The summed E-state index contributed by atoms with van der Waals surface area (Å²) in [4.78, 5) is 72.8. The summed E-state index contributed by atoms with van der Waals surface area (Å²) < 4.78 is 68.6. The summed E-state index contributed by atoms with van der Waals surface area (Å²) in [5.41, 5.74) is 0. The zero-order chi connectivity index (χ0) is 71.1. The molecule has 0 fully saturated rings. The van der Waals surface area contributed by atoms with Crippen molar-refractivity contribution >= 4 is 39.5 Å². The second-order valence-electron chi connectivity index (χ2n) is 28.1. The average Bonchev–Trinajstić information content (AvgIpc) is 1.94. The molecule has 0 aromatic rings. The van der Waals surface area contributed by atoms with Crippen molar-refractivity contribution in [3.8, 4) is 0 Å². The molecule has 0 bridgehead atoms. The van der Waals surface area contributed by atoms with Crippen molar-refractivity contribution in [1.82, 2.24) is 0 Å². The van der Waals surface area contributed by atoms with Crippen LogP contribution < -0.4 is 0 Å². The highest BCUT2D eigenvalue weighted by Crippen LogP contribution is 2.45. The van der Waals surface area contributed by atoms with Gasteiger partial charge in [-0.1, -0.05) is 368 Å². The average molecular weight is 1420 g/mol. The molecule has 0 saturated heterocycles. The zero-order valence-corrected chi connectivity index (χ0v) is 64.8. The number of carbonyl (C=O) groups excluding carboxylic acids is 4. The number of phosphoric ester groups is 2. The Morgan fingerprint density at radius 2 is 0.412 bits per heavy atom. The smallest absolute Gasteiger partial charge is 0.462 e. The highest BCUT2D eigenvalue weighted by atomic mass is 31.2. The van der Waals surface area contributed by atoms with E-state index in [1.807, 2.05) is 0 Å². The molecule has 0 spiro atoms. The monoisotopic (exact) mass is 1420 g/mol. The summed E-state index contributed by atoms with van der Waals surface area (Å²) >= 11 is 0. The normalized spacial score (nSPS) is 13.8. The molecule has 0 radical (unpaired) electrons. The van der Waals surface area contributed by atoms with Crippen molar-refractivity contribution in [3.63, 3.8) is 0 Å². The van der Waals surface area contributed by atoms with Crippen molar-refractivity contribution in [2.24, 2.45) is 0 Å². The Morgan fingerprint density at radius 3 is 0.608 bits per heavy atom. The second-order valence-corrected chi connectivity index (χ2v) is 31.0. The minimum absolute atomic E-state index is 0.108. The Morgan fingerprint density at radius 1 is 0.247 bits per heavy atom. The number of unbranched alkanes of at least 4 members (excludes halogenated alkanes) is 53. The lowest BCUT2D eigenvalue weighted by atomic mass is 10.0. The number of carbonyl (C=O) groups is 4. The van der Waals surface area contributed by atoms with Crippen LogP contribution in [0.3, 0.4) is 0 Å². The first-order valence-corrected chi connectivity index (χ1v) is 43.8. The largest absolute Gasteiger partial charge is 0.472 e. The molecule has 5 atom stereocenters. The van der Waals surface area contributed by atoms with Crippen LogP contribution in [0.25, 0.3) is 0 Å². The number of aliphatic hydroxyl groups is 1. The summed E-state index contributed by atoms with van der Waals surface area (Å²) in [6.07, 6.45) is 63.8. The number of hydrogen-bond acceptors (Lipinski definition) is 15. The molecule has 19 heteroatoms. The van der Waals surface area contributed by atoms with E-state index in [1.54, 1.807) is 0 Å². The molecule has 0 aromatic carbocycles. The van der Waals surface area contributed by atoms with Crippen molar-refractivity contribution in [2.45, 2.75) is 438 Å². The fourth-order valence-corrected chi connectivity index (χ4v) is 13.7. The van der Waals surface area contributed by atoms with Crippen LogP contribution in [0.15, 0.2) is 0 Å². The van der Waals surface area contributed by atoms with Crippen LogP contribution in [0.5, 0.6) is 0 Å². The van der Waals surface area contributed by atoms with Gasteiger partial charge in [0.15, 0.2) is 12.2 Å². The molecule has 0 aliphatic rings. The Kier molecular flexibility index (Phi) is 71.0. The lowest BCUT2D eigenvalue weighted by Gasteiger charge is -2.21. The Bertz CT molecular complexity index is 1840. The maximum absolute atomic E-state index is 13.1. The lowest BCUT2D eigenvalue weighted by molar-refractivity contribution is -0.161. The van der Waals surface area contributed by atoms with E-state index in [2.05, 4.69) is 27.7 Å². The van der Waals surface area contributed by atoms with Gasteiger partial charge in [-0.2, -0.15) is 0 Å². The second kappa shape index (κ2) is 72.4. The van der Waals surface area contributed by atoms with Crippen LogP contribution in [0, 0.1) is 0 Å². The number of esters is 4. The minimum atomic E-state index is -4.96. The van der Waals surface area contributed by atoms with E-state index in [1.165, 1.54) is 250 Å². The fourth-order valence-electron chi connectivity index (χ4n) is 12.1. The molecule has 0 aliphatic carbocycles. The van der Waals surface area contributed by atoms with Crippen molar-refractivity contribution in [2.75, 3.05) is 39.6 Å². The summed E-state index contributed by atoms with van der Waals surface area (Å²) in [5, 5.41) is 10.6. The molecule has 2 unspecified atom stereocenters. The van der Waals surface area contributed by atoms with E-state index in [0.717, 1.165) is 89.9 Å². The van der Waals surface area contributed by atoms with Gasteiger partial charge in [0, 0.05) is 25.7 Å². The molecule has 97 heavy (non-hydrogen) atoms. The molecule has 0 amide bonds. The maximum Gasteiger partial charge on any atom is 0.472 e. The van der Waals surface area contributed by atoms with Gasteiger partial charge in [0.2, 0.25) is 0 Å². The standard InChI is InChI=1S/C78H152O17P2/c1-5-9-13-17-21-25-28-31-33-34-35-36-37-39-42-45-49-53-57-61-65-78(83)95-74(69-89-76(81)63-59-55-51-47-43-41-38-32-29-26-22-18-14-10-6-2)71-93-97(86,87)91-67-72(79)66-90-96(84,85)92-70-73(68-88-75(80)62-58-54-50-46-24-20-16-12-8-4)94-77(82)64-60-56-52-48-44-40-30-27-23-19-15-11-7-3/h72-74,79H,5-71H2,1-4H3,(H,84,85)(H,86,87)/t72-,73+,74+/m0/s1. The predicted octanol–water partition coefficient (Wildman–Crippen LogP) is 23.4. The molecular weight excluding hydrogens is 1270 g/mol. The molecule has 0 saturated carbocycles. The van der Waals surface area contributed by atoms with Gasteiger partial charge in [-0.15, -0.1) is 0 Å². The molecule has 576 valence electrons. The van der Waals surface area contributed by atoms with Crippen LogP contribution in [-0.4, -0.2) is 96.7 Å². The van der Waals surface area contributed by atoms with E-state index >= 15 is 0 Å². The van der Waals surface area contributed by atoms with Gasteiger partial charge >= 0.3 is 39.5 Å². The van der Waals surface area contributed by atoms with Gasteiger partial charge in [-0.3, -0.25) is 37.3 Å². The lowest BCUT2D eigenvalue weighted by Crippen LogP contribution is -2.30. The zero-order valence-electron chi connectivity index (χ0n) is 63.1. The minimum Gasteiger partial charge on any atom is -0.462 e. The third kappa shape index (κ3) is 72.2. The summed E-state index contributed by atoms with van der Waals surface area (Å²) in [6, 6.07) is 0. The highest BCUT2D eigenvalue weighted by molar-refractivity contribution is 7.47. The van der Waals surface area contributed by atoms with E-state index in [9.17, 15) is 43.2 Å². The first-order chi connectivity index (χ1) is 47.2. The fraction of sp³-hybridized carbons (Fsp3) is 0.949. The number of ether oxygens (including phenoxy) is 4. The predicted molar refractivity (Wildman–Crippen MR) is 395 cm³/mol. The van der Waals surface area contributed by atoms with E-state index in [0.29, 0.717) is 25.7 Å². The van der Waals surface area contributed by atoms with Crippen molar-refractivity contribution < 1.29 is 80.2 Å². The molecule has 0 rings (SSSR count). The number of phosphoric acid groups is 2. The summed E-state index contributed by atoms with van der Waals surface area (Å²) in [5.74, 6) is -2.11. The first kappa shape index (κ1) is 95.1. The maximum atomic E-state index is 13.1. The Labute approximate surface area is 594 Å². The van der Waals surface area contributed by atoms with Gasteiger partial charge in [0.25, 0.3) is 0 Å². The van der Waals surface area contributed by atoms with Gasteiger partial charge in [-0.25, -0.2) is 9.13 Å². The number of aliphatic hydroxyl groups excluding tert-OH is 1. The highest BCUT2D eigenvalue weighted by Gasteiger charge is 2.30. The van der Waals surface area contributed by atoms with E-state index in [4.69, 9.17) is 37.0 Å². The third-order valence-electron chi connectivity index (χ3n) is 18.4. The molecule has 0 aromatic heterocycles. The molecule has 0 aliphatic heterocycles. The first-order valence-electron chi connectivity index (χ1n) is 40.8. The quantitative estimate of drug-likeness (QED) is 0.0222. The van der Waals surface area contributed by atoms with Gasteiger partial charge in [0.05, 0.1) is 26.4 Å². The van der Waals surface area contributed by atoms with Gasteiger partial charge < -0.3 is 33.8 Å². The Hall–Kier alpha value is -1.94. The van der Waals surface area contributed by atoms with Gasteiger partial charge in [-0.05, 0) is 25.7 Å². The van der Waals surface area contributed by atoms with E-state index in [-0.39, 0.29) is 25.7 Å². The molecular formula is C78H152O17P2. The van der Waals surface area contributed by atoms with Gasteiger partial charge in [0.1, 0.15) is 19.3 Å². The molecule has 0 heterocycles. The summed E-state index contributed by atoms with van der Waals surface area (Å²) in [6.45, 7) is 4.99. The number of hydrogen-bond donors (Lipinski definition) is 3. The molecule has 3 N–H and O–H groups in total.